The van der Waals surface area contributed by atoms with Gasteiger partial charge in [-0.2, -0.15) is 0 Å². The quantitative estimate of drug-likeness (QED) is 0.733. The monoisotopic (exact) mass is 233 g/mol. The molecule has 0 aliphatic carbocycles. The van der Waals surface area contributed by atoms with Gasteiger partial charge in [-0.15, -0.1) is 0 Å². The van der Waals surface area contributed by atoms with Gasteiger partial charge in [0, 0.05) is 22.2 Å². The predicted octanol–water partition coefficient (Wildman–Crippen LogP) is 3.06. The lowest BCUT2D eigenvalue weighted by Crippen LogP contribution is -1.89. The molecule has 1 rings (SSSR count). The highest BCUT2D eigenvalue weighted by molar-refractivity contribution is 9.09. The smallest absolute Gasteiger partial charge is 0.0439 e. The van der Waals surface area contributed by atoms with Crippen molar-refractivity contribution >= 4 is 27.5 Å². The fraction of sp³-hybridized carbons (Fsp3) is 0.375. The van der Waals surface area contributed by atoms with E-state index in [9.17, 15) is 0 Å². The average Bonchev–Trinajstić information content (AvgIpc) is 2.01. The van der Waals surface area contributed by atoms with Crippen LogP contribution in [0.2, 0.25) is 5.02 Å². The molecule has 0 aliphatic rings. The fourth-order valence-electron chi connectivity index (χ4n) is 0.833. The van der Waals surface area contributed by atoms with Crippen LogP contribution in [-0.2, 0) is 6.42 Å². The molecule has 0 saturated heterocycles. The molecule has 60 valence electrons. The summed E-state index contributed by atoms with van der Waals surface area (Å²) in [5.41, 5.74) is 1.07. The molecule has 0 aromatic carbocycles. The number of rotatable bonds is 3. The molecule has 0 spiro atoms. The Kier molecular flexibility index (Phi) is 3.87. The van der Waals surface area contributed by atoms with Crippen molar-refractivity contribution in [2.45, 2.75) is 12.8 Å². The highest BCUT2D eigenvalue weighted by Crippen LogP contribution is 2.09. The minimum Gasteiger partial charge on any atom is -0.261 e. The molecule has 11 heavy (non-hydrogen) atoms. The molecule has 0 radical (unpaired) electrons. The lowest BCUT2D eigenvalue weighted by molar-refractivity contribution is 0.897. The Bertz CT molecular complexity index is 227. The van der Waals surface area contributed by atoms with Gasteiger partial charge in [-0.25, -0.2) is 0 Å². The molecule has 0 fully saturated rings. The Labute approximate surface area is 79.9 Å². The molecule has 1 nitrogen and oxygen atoms in total. The van der Waals surface area contributed by atoms with E-state index < -0.39 is 0 Å². The number of nitrogens with zero attached hydrogens (tertiary/aromatic N) is 1. The van der Waals surface area contributed by atoms with E-state index in [1.54, 1.807) is 12.3 Å². The van der Waals surface area contributed by atoms with Gasteiger partial charge in [0.25, 0.3) is 0 Å². The minimum atomic E-state index is 0.768. The number of hydrogen-bond acceptors (Lipinski definition) is 1. The number of aromatic nitrogens is 1. The third-order valence-corrected chi connectivity index (χ3v) is 2.14. The molecule has 0 atom stereocenters. The van der Waals surface area contributed by atoms with E-state index >= 15 is 0 Å². The van der Waals surface area contributed by atoms with E-state index in [1.165, 1.54) is 0 Å². The first-order valence-corrected chi connectivity index (χ1v) is 4.99. The maximum absolute atomic E-state index is 5.77. The van der Waals surface area contributed by atoms with Gasteiger partial charge in [0.15, 0.2) is 0 Å². The first-order chi connectivity index (χ1) is 5.33. The van der Waals surface area contributed by atoms with E-state index in [0.717, 1.165) is 28.9 Å². The molecule has 0 bridgehead atoms. The largest absolute Gasteiger partial charge is 0.261 e. The summed E-state index contributed by atoms with van der Waals surface area (Å²) in [6.07, 6.45) is 3.84. The zero-order valence-corrected chi connectivity index (χ0v) is 8.40. The molecule has 0 unspecified atom stereocenters. The second-order valence-electron chi connectivity index (χ2n) is 2.26. The third kappa shape index (κ3) is 3.21. The highest BCUT2D eigenvalue weighted by atomic mass is 79.9. The van der Waals surface area contributed by atoms with E-state index in [0.29, 0.717) is 0 Å². The van der Waals surface area contributed by atoms with Gasteiger partial charge in [0.1, 0.15) is 0 Å². The zero-order valence-electron chi connectivity index (χ0n) is 6.06. The average molecular weight is 235 g/mol. The predicted molar refractivity (Wildman–Crippen MR) is 51.4 cm³/mol. The van der Waals surface area contributed by atoms with Crippen molar-refractivity contribution in [1.82, 2.24) is 4.98 Å². The van der Waals surface area contributed by atoms with Crippen molar-refractivity contribution < 1.29 is 0 Å². The topological polar surface area (TPSA) is 12.9 Å². The Morgan fingerprint density at radius 3 is 3.00 bits per heavy atom. The van der Waals surface area contributed by atoms with Crippen molar-refractivity contribution in [3.63, 3.8) is 0 Å². The molecule has 0 N–H and O–H groups in total. The molecule has 3 heteroatoms. The number of hydrogen-bond donors (Lipinski definition) is 0. The van der Waals surface area contributed by atoms with Gasteiger partial charge in [0.2, 0.25) is 0 Å². The molecular formula is C8H9BrClN. The van der Waals surface area contributed by atoms with Crippen LogP contribution in [0.3, 0.4) is 0 Å². The summed E-state index contributed by atoms with van der Waals surface area (Å²) in [5, 5.41) is 1.78. The molecule has 0 aliphatic heterocycles. The number of halogens is 2. The van der Waals surface area contributed by atoms with Gasteiger partial charge < -0.3 is 0 Å². The van der Waals surface area contributed by atoms with Crippen LogP contribution in [0.15, 0.2) is 18.3 Å². The van der Waals surface area contributed by atoms with Crippen LogP contribution in [0.4, 0.5) is 0 Å². The molecule has 1 heterocycles. The van der Waals surface area contributed by atoms with Crippen LogP contribution in [0.5, 0.6) is 0 Å². The lowest BCUT2D eigenvalue weighted by atomic mass is 10.2. The van der Waals surface area contributed by atoms with Crippen LogP contribution < -0.4 is 0 Å². The van der Waals surface area contributed by atoms with Crippen molar-refractivity contribution in [3.05, 3.63) is 29.0 Å². The summed E-state index contributed by atoms with van der Waals surface area (Å²) in [7, 11) is 0. The van der Waals surface area contributed by atoms with Crippen LogP contribution in [-0.4, -0.2) is 10.3 Å². The van der Waals surface area contributed by atoms with E-state index in [4.69, 9.17) is 11.6 Å². The van der Waals surface area contributed by atoms with Crippen LogP contribution in [0.1, 0.15) is 12.1 Å². The Morgan fingerprint density at radius 2 is 2.36 bits per heavy atom. The van der Waals surface area contributed by atoms with Crippen LogP contribution in [0, 0.1) is 0 Å². The Hall–Kier alpha value is -0.0800. The molecule has 1 aromatic heterocycles. The van der Waals surface area contributed by atoms with Crippen molar-refractivity contribution in [2.75, 3.05) is 5.33 Å². The van der Waals surface area contributed by atoms with Gasteiger partial charge >= 0.3 is 0 Å². The van der Waals surface area contributed by atoms with Gasteiger partial charge in [0.05, 0.1) is 0 Å². The van der Waals surface area contributed by atoms with E-state index in [1.807, 2.05) is 6.07 Å². The minimum absolute atomic E-state index is 0.768. The first kappa shape index (κ1) is 9.01. The summed E-state index contributed by atoms with van der Waals surface area (Å²) in [6, 6.07) is 3.70. The van der Waals surface area contributed by atoms with Crippen molar-refractivity contribution in [2.24, 2.45) is 0 Å². The standard InChI is InChI=1S/C8H9BrClN/c9-4-1-2-8-6-7(10)3-5-11-8/h3,5-6H,1-2,4H2. The summed E-state index contributed by atoms with van der Waals surface area (Å²) in [4.78, 5) is 4.17. The van der Waals surface area contributed by atoms with Crippen LogP contribution in [0.25, 0.3) is 0 Å². The second-order valence-corrected chi connectivity index (χ2v) is 3.49. The van der Waals surface area contributed by atoms with Gasteiger partial charge in [-0.3, -0.25) is 4.98 Å². The molecular weight excluding hydrogens is 225 g/mol. The SMILES string of the molecule is Clc1ccnc(CCCBr)c1. The first-order valence-electron chi connectivity index (χ1n) is 3.49. The zero-order chi connectivity index (χ0) is 8.10. The van der Waals surface area contributed by atoms with Gasteiger partial charge in [-0.05, 0) is 25.0 Å². The van der Waals surface area contributed by atoms with E-state index in [-0.39, 0.29) is 0 Å². The Balaban J connectivity index is 2.56. The highest BCUT2D eigenvalue weighted by Gasteiger charge is 1.93. The lowest BCUT2D eigenvalue weighted by Gasteiger charge is -1.97. The summed E-state index contributed by atoms with van der Waals surface area (Å²) in [5.74, 6) is 0. The fourth-order valence-corrected chi connectivity index (χ4v) is 1.30. The van der Waals surface area contributed by atoms with Crippen LogP contribution >= 0.6 is 27.5 Å². The summed E-state index contributed by atoms with van der Waals surface area (Å²) in [6.45, 7) is 0. The molecule has 1 aromatic rings. The number of alkyl halides is 1. The summed E-state index contributed by atoms with van der Waals surface area (Å²) >= 11 is 9.14. The molecule has 0 saturated carbocycles. The maximum Gasteiger partial charge on any atom is 0.0439 e. The van der Waals surface area contributed by atoms with E-state index in [2.05, 4.69) is 20.9 Å². The third-order valence-electron chi connectivity index (χ3n) is 1.35. The second kappa shape index (κ2) is 4.73. The van der Waals surface area contributed by atoms with Gasteiger partial charge in [-0.1, -0.05) is 27.5 Å². The Morgan fingerprint density at radius 1 is 1.55 bits per heavy atom. The van der Waals surface area contributed by atoms with Crippen molar-refractivity contribution in [3.8, 4) is 0 Å². The number of aryl methyl sites for hydroxylation is 1. The maximum atomic E-state index is 5.77. The normalized spacial score (nSPS) is 10.0. The van der Waals surface area contributed by atoms with Crippen molar-refractivity contribution in [1.29, 1.82) is 0 Å². The molecule has 0 amide bonds. The summed E-state index contributed by atoms with van der Waals surface area (Å²) < 4.78 is 0. The number of pyridine rings is 1.